The summed E-state index contributed by atoms with van der Waals surface area (Å²) >= 11 is 0. The summed E-state index contributed by atoms with van der Waals surface area (Å²) in [5, 5.41) is 18.4. The van der Waals surface area contributed by atoms with Crippen LogP contribution in [-0.2, 0) is 13.6 Å². The van der Waals surface area contributed by atoms with Gasteiger partial charge in [-0.05, 0) is 26.7 Å². The third-order valence-electron chi connectivity index (χ3n) is 4.45. The molecule has 0 saturated heterocycles. The molecule has 2 N–H and O–H groups in total. The Kier molecular flexibility index (Phi) is 4.63. The SMILES string of the molecule is Cc1nn(C)c(C)c1CNCC1(O)CCCCCC1. The van der Waals surface area contributed by atoms with Crippen molar-refractivity contribution in [2.75, 3.05) is 6.54 Å². The van der Waals surface area contributed by atoms with Crippen molar-refractivity contribution in [3.63, 3.8) is 0 Å². The maximum Gasteiger partial charge on any atom is 0.0771 e. The van der Waals surface area contributed by atoms with E-state index in [1.54, 1.807) is 0 Å². The van der Waals surface area contributed by atoms with Gasteiger partial charge in [0.05, 0.1) is 11.3 Å². The average molecular weight is 265 g/mol. The Morgan fingerprint density at radius 2 is 1.84 bits per heavy atom. The van der Waals surface area contributed by atoms with Gasteiger partial charge in [-0.1, -0.05) is 25.7 Å². The third kappa shape index (κ3) is 3.57. The zero-order valence-corrected chi connectivity index (χ0v) is 12.5. The smallest absolute Gasteiger partial charge is 0.0771 e. The zero-order valence-electron chi connectivity index (χ0n) is 12.5. The fourth-order valence-electron chi connectivity index (χ4n) is 3.06. The molecule has 1 aromatic rings. The second-order valence-electron chi connectivity index (χ2n) is 6.02. The molecular weight excluding hydrogens is 238 g/mol. The lowest BCUT2D eigenvalue weighted by Gasteiger charge is -2.27. The predicted molar refractivity (Wildman–Crippen MR) is 77.0 cm³/mol. The van der Waals surface area contributed by atoms with Crippen LogP contribution in [0.3, 0.4) is 0 Å². The van der Waals surface area contributed by atoms with E-state index in [9.17, 15) is 5.11 Å². The molecule has 0 atom stereocenters. The zero-order chi connectivity index (χ0) is 13.9. The normalized spacial score (nSPS) is 19.4. The van der Waals surface area contributed by atoms with E-state index >= 15 is 0 Å². The third-order valence-corrected chi connectivity index (χ3v) is 4.45. The van der Waals surface area contributed by atoms with Crippen LogP contribution in [0.2, 0.25) is 0 Å². The van der Waals surface area contributed by atoms with Crippen LogP contribution < -0.4 is 5.32 Å². The van der Waals surface area contributed by atoms with E-state index in [0.29, 0.717) is 6.54 Å². The first kappa shape index (κ1) is 14.5. The maximum absolute atomic E-state index is 10.6. The number of rotatable bonds is 4. The van der Waals surface area contributed by atoms with Gasteiger partial charge in [-0.15, -0.1) is 0 Å². The van der Waals surface area contributed by atoms with Crippen LogP contribution in [0.4, 0.5) is 0 Å². The molecule has 0 aromatic carbocycles. The van der Waals surface area contributed by atoms with E-state index < -0.39 is 5.60 Å². The van der Waals surface area contributed by atoms with Crippen LogP contribution in [-0.4, -0.2) is 27.0 Å². The minimum Gasteiger partial charge on any atom is -0.389 e. The van der Waals surface area contributed by atoms with Crippen LogP contribution in [0, 0.1) is 13.8 Å². The number of aliphatic hydroxyl groups is 1. The summed E-state index contributed by atoms with van der Waals surface area (Å²) in [5.41, 5.74) is 3.05. The van der Waals surface area contributed by atoms with Crippen LogP contribution in [0.15, 0.2) is 0 Å². The largest absolute Gasteiger partial charge is 0.389 e. The van der Waals surface area contributed by atoms with Crippen LogP contribution in [0.5, 0.6) is 0 Å². The van der Waals surface area contributed by atoms with E-state index in [1.165, 1.54) is 24.1 Å². The van der Waals surface area contributed by atoms with Gasteiger partial charge in [-0.3, -0.25) is 4.68 Å². The maximum atomic E-state index is 10.6. The summed E-state index contributed by atoms with van der Waals surface area (Å²) in [6, 6.07) is 0. The first-order valence-corrected chi connectivity index (χ1v) is 7.44. The van der Waals surface area contributed by atoms with Crippen LogP contribution in [0.25, 0.3) is 0 Å². The number of hydrogen-bond donors (Lipinski definition) is 2. The van der Waals surface area contributed by atoms with Gasteiger partial charge >= 0.3 is 0 Å². The lowest BCUT2D eigenvalue weighted by Crippen LogP contribution is -2.40. The van der Waals surface area contributed by atoms with Crippen molar-refractivity contribution in [2.45, 2.75) is 64.5 Å². The Morgan fingerprint density at radius 3 is 2.37 bits per heavy atom. The number of aryl methyl sites for hydroxylation is 2. The van der Waals surface area contributed by atoms with Gasteiger partial charge in [-0.25, -0.2) is 0 Å². The Balaban J connectivity index is 1.88. The highest BCUT2D eigenvalue weighted by Gasteiger charge is 2.27. The monoisotopic (exact) mass is 265 g/mol. The molecule has 0 aliphatic heterocycles. The predicted octanol–water partition coefficient (Wildman–Crippen LogP) is 2.21. The van der Waals surface area contributed by atoms with E-state index in [0.717, 1.165) is 37.9 Å². The van der Waals surface area contributed by atoms with Crippen molar-refractivity contribution in [1.82, 2.24) is 15.1 Å². The molecule has 1 aliphatic rings. The average Bonchev–Trinajstić information content (AvgIpc) is 2.56. The minimum absolute atomic E-state index is 0.499. The van der Waals surface area contributed by atoms with Gasteiger partial charge < -0.3 is 10.4 Å². The van der Waals surface area contributed by atoms with Gasteiger partial charge in [0.1, 0.15) is 0 Å². The highest BCUT2D eigenvalue weighted by atomic mass is 16.3. The molecule has 0 spiro atoms. The fraction of sp³-hybridized carbons (Fsp3) is 0.800. The summed E-state index contributed by atoms with van der Waals surface area (Å²) in [6.45, 7) is 5.64. The minimum atomic E-state index is -0.499. The van der Waals surface area contributed by atoms with Crippen molar-refractivity contribution in [3.05, 3.63) is 17.0 Å². The number of nitrogens with zero attached hydrogens (tertiary/aromatic N) is 2. The van der Waals surface area contributed by atoms with Crippen molar-refractivity contribution in [2.24, 2.45) is 7.05 Å². The number of hydrogen-bond acceptors (Lipinski definition) is 3. The lowest BCUT2D eigenvalue weighted by atomic mass is 9.94. The summed E-state index contributed by atoms with van der Waals surface area (Å²) < 4.78 is 1.92. The topological polar surface area (TPSA) is 50.1 Å². The standard InChI is InChI=1S/C15H27N3O/c1-12-14(13(2)18(3)17-12)10-16-11-15(19)8-6-4-5-7-9-15/h16,19H,4-11H2,1-3H3. The summed E-state index contributed by atoms with van der Waals surface area (Å²) in [4.78, 5) is 0. The molecule has 0 radical (unpaired) electrons. The molecule has 1 saturated carbocycles. The van der Waals surface area contributed by atoms with Crippen molar-refractivity contribution >= 4 is 0 Å². The van der Waals surface area contributed by atoms with Crippen molar-refractivity contribution < 1.29 is 5.11 Å². The Bertz CT molecular complexity index is 417. The first-order valence-electron chi connectivity index (χ1n) is 7.44. The van der Waals surface area contributed by atoms with E-state index in [2.05, 4.69) is 17.3 Å². The van der Waals surface area contributed by atoms with Gasteiger partial charge in [0.15, 0.2) is 0 Å². The molecule has 108 valence electrons. The van der Waals surface area contributed by atoms with E-state index in [1.807, 2.05) is 18.7 Å². The van der Waals surface area contributed by atoms with E-state index in [-0.39, 0.29) is 0 Å². The molecule has 1 heterocycles. The Morgan fingerprint density at radius 1 is 1.21 bits per heavy atom. The first-order chi connectivity index (χ1) is 9.02. The molecular formula is C15H27N3O. The van der Waals surface area contributed by atoms with Crippen molar-refractivity contribution in [1.29, 1.82) is 0 Å². The lowest BCUT2D eigenvalue weighted by molar-refractivity contribution is 0.0250. The second-order valence-corrected chi connectivity index (χ2v) is 6.02. The summed E-state index contributed by atoms with van der Waals surface area (Å²) in [6.07, 6.45) is 6.72. The van der Waals surface area contributed by atoms with Gasteiger partial charge in [0, 0.05) is 31.4 Å². The highest BCUT2D eigenvalue weighted by molar-refractivity contribution is 5.24. The Labute approximate surface area is 116 Å². The van der Waals surface area contributed by atoms with E-state index in [4.69, 9.17) is 0 Å². The van der Waals surface area contributed by atoms with Crippen LogP contribution in [0.1, 0.15) is 55.5 Å². The second kappa shape index (κ2) is 6.06. The molecule has 0 amide bonds. The number of nitrogens with one attached hydrogen (secondary N) is 1. The number of aromatic nitrogens is 2. The quantitative estimate of drug-likeness (QED) is 0.821. The Hall–Kier alpha value is -0.870. The molecule has 0 bridgehead atoms. The molecule has 0 unspecified atom stereocenters. The van der Waals surface area contributed by atoms with Gasteiger partial charge in [0.25, 0.3) is 0 Å². The molecule has 2 rings (SSSR count). The molecule has 1 fully saturated rings. The fourth-order valence-corrected chi connectivity index (χ4v) is 3.06. The molecule has 4 heteroatoms. The molecule has 4 nitrogen and oxygen atoms in total. The highest BCUT2D eigenvalue weighted by Crippen LogP contribution is 2.26. The van der Waals surface area contributed by atoms with Gasteiger partial charge in [-0.2, -0.15) is 5.10 Å². The summed E-state index contributed by atoms with van der Waals surface area (Å²) in [5.74, 6) is 0. The molecule has 1 aliphatic carbocycles. The van der Waals surface area contributed by atoms with Crippen LogP contribution >= 0.6 is 0 Å². The molecule has 1 aromatic heterocycles. The van der Waals surface area contributed by atoms with Gasteiger partial charge in [0.2, 0.25) is 0 Å². The van der Waals surface area contributed by atoms with Crippen molar-refractivity contribution in [3.8, 4) is 0 Å². The summed E-state index contributed by atoms with van der Waals surface area (Å²) in [7, 11) is 1.98. The molecule has 19 heavy (non-hydrogen) atoms.